The highest BCUT2D eigenvalue weighted by molar-refractivity contribution is 9.12. The van der Waals surface area contributed by atoms with Gasteiger partial charge in [-0.05, 0) is 63.7 Å². The Morgan fingerprint density at radius 2 is 2.26 bits per heavy atom. The number of Topliss-reactive ketones (excluding diaryl/α,β-unsaturated/α-hetero) is 1. The fourth-order valence-corrected chi connectivity index (χ4v) is 4.55. The van der Waals surface area contributed by atoms with Gasteiger partial charge in [0, 0.05) is 18.7 Å². The highest BCUT2D eigenvalue weighted by Crippen LogP contribution is 2.32. The largest absolute Gasteiger partial charge is 0.380 e. The van der Waals surface area contributed by atoms with Crippen molar-refractivity contribution < 1.29 is 9.53 Å². The quantitative estimate of drug-likeness (QED) is 0.482. The topological polar surface area (TPSA) is 29.5 Å². The van der Waals surface area contributed by atoms with Crippen molar-refractivity contribution in [1.82, 2.24) is 4.90 Å². The van der Waals surface area contributed by atoms with E-state index in [1.165, 1.54) is 24.2 Å². The Morgan fingerprint density at radius 3 is 2.84 bits per heavy atom. The molecule has 0 spiro atoms. The monoisotopic (exact) mass is 409 g/mol. The van der Waals surface area contributed by atoms with E-state index in [0.717, 1.165) is 32.2 Å². The molecule has 2 rings (SSSR count). The van der Waals surface area contributed by atoms with Gasteiger partial charge in [-0.15, -0.1) is 11.3 Å². The van der Waals surface area contributed by atoms with Crippen molar-refractivity contribution in [2.45, 2.75) is 12.8 Å². The van der Waals surface area contributed by atoms with Gasteiger partial charge in [0.2, 0.25) is 0 Å². The van der Waals surface area contributed by atoms with Gasteiger partial charge in [-0.2, -0.15) is 0 Å². The Bertz CT molecular complexity index is 446. The summed E-state index contributed by atoms with van der Waals surface area (Å²) < 4.78 is 7.44. The zero-order valence-corrected chi connectivity index (χ0v) is 14.8. The van der Waals surface area contributed by atoms with Crippen LogP contribution < -0.4 is 0 Å². The lowest BCUT2D eigenvalue weighted by Gasteiger charge is -2.15. The first-order valence-electron chi connectivity index (χ1n) is 6.30. The molecule has 1 saturated carbocycles. The number of hydrogen-bond donors (Lipinski definition) is 0. The van der Waals surface area contributed by atoms with Crippen LogP contribution in [0, 0.1) is 5.92 Å². The highest BCUT2D eigenvalue weighted by Gasteiger charge is 2.21. The van der Waals surface area contributed by atoms with E-state index in [1.807, 2.05) is 18.0 Å². The summed E-state index contributed by atoms with van der Waals surface area (Å²) in [6.07, 6.45) is 2.63. The third-order valence-electron chi connectivity index (χ3n) is 3.04. The molecule has 0 aliphatic heterocycles. The number of carbonyl (C=O) groups excluding carboxylic acids is 1. The maximum absolute atomic E-state index is 12.1. The number of hydrogen-bond acceptors (Lipinski definition) is 4. The normalized spacial score (nSPS) is 15.2. The third kappa shape index (κ3) is 5.27. The lowest BCUT2D eigenvalue weighted by molar-refractivity contribution is 0.0861. The fourth-order valence-electron chi connectivity index (χ4n) is 1.69. The van der Waals surface area contributed by atoms with Gasteiger partial charge in [0.15, 0.2) is 5.78 Å². The van der Waals surface area contributed by atoms with Gasteiger partial charge < -0.3 is 4.74 Å². The van der Waals surface area contributed by atoms with Crippen molar-refractivity contribution in [3.8, 4) is 0 Å². The van der Waals surface area contributed by atoms with Crippen LogP contribution in [-0.4, -0.2) is 44.0 Å². The molecular formula is C13H17Br2NO2S. The molecule has 19 heavy (non-hydrogen) atoms. The van der Waals surface area contributed by atoms with Gasteiger partial charge >= 0.3 is 0 Å². The standard InChI is InChI=1S/C13H17Br2NO2S/c1-16(4-5-18-8-9-2-3-9)7-11(17)10-6-12(14)19-13(10)15/h6,9H,2-5,7-8H2,1H3. The van der Waals surface area contributed by atoms with Crippen LogP contribution in [0.25, 0.3) is 0 Å². The minimum atomic E-state index is 0.138. The number of thiophene rings is 1. The van der Waals surface area contributed by atoms with E-state index in [2.05, 4.69) is 31.9 Å². The van der Waals surface area contributed by atoms with Crippen LogP contribution in [0.15, 0.2) is 13.6 Å². The average molecular weight is 411 g/mol. The van der Waals surface area contributed by atoms with E-state index < -0.39 is 0 Å². The maximum Gasteiger partial charge on any atom is 0.178 e. The summed E-state index contributed by atoms with van der Waals surface area (Å²) >= 11 is 8.34. The van der Waals surface area contributed by atoms with Crippen LogP contribution in [0.3, 0.4) is 0 Å². The number of rotatable bonds is 8. The van der Waals surface area contributed by atoms with E-state index in [1.54, 1.807) is 0 Å². The van der Waals surface area contributed by atoms with Gasteiger partial charge in [0.1, 0.15) is 0 Å². The van der Waals surface area contributed by atoms with Crippen LogP contribution in [-0.2, 0) is 4.74 Å². The van der Waals surface area contributed by atoms with Crippen molar-refractivity contribution in [3.63, 3.8) is 0 Å². The number of halogens is 2. The molecule has 6 heteroatoms. The molecule has 0 atom stereocenters. The summed E-state index contributed by atoms with van der Waals surface area (Å²) in [5.41, 5.74) is 0.752. The Morgan fingerprint density at radius 1 is 1.53 bits per heavy atom. The lowest BCUT2D eigenvalue weighted by atomic mass is 10.2. The second-order valence-corrected chi connectivity index (χ2v) is 8.67. The van der Waals surface area contributed by atoms with Crippen molar-refractivity contribution in [1.29, 1.82) is 0 Å². The van der Waals surface area contributed by atoms with Crippen molar-refractivity contribution in [2.24, 2.45) is 5.92 Å². The van der Waals surface area contributed by atoms with Crippen LogP contribution >= 0.6 is 43.2 Å². The second-order valence-electron chi connectivity index (χ2n) is 4.92. The summed E-state index contributed by atoms with van der Waals surface area (Å²) in [6.45, 7) is 2.80. The van der Waals surface area contributed by atoms with Crippen molar-refractivity contribution >= 4 is 49.0 Å². The average Bonchev–Trinajstić information content (AvgIpc) is 3.09. The number of likely N-dealkylation sites (N-methyl/N-ethyl adjacent to an activating group) is 1. The Balaban J connectivity index is 1.69. The molecule has 0 bridgehead atoms. The Labute approximate surface area is 134 Å². The van der Waals surface area contributed by atoms with Crippen molar-refractivity contribution in [2.75, 3.05) is 33.4 Å². The zero-order chi connectivity index (χ0) is 13.8. The summed E-state index contributed by atoms with van der Waals surface area (Å²) in [7, 11) is 1.95. The predicted octanol–water partition coefficient (Wildman–Crippen LogP) is 3.81. The zero-order valence-electron chi connectivity index (χ0n) is 10.8. The van der Waals surface area contributed by atoms with E-state index in [-0.39, 0.29) is 5.78 Å². The number of nitrogens with zero attached hydrogens (tertiary/aromatic N) is 1. The van der Waals surface area contributed by atoms with E-state index >= 15 is 0 Å². The molecule has 106 valence electrons. The Kier molecular flexibility index (Phi) is 6.02. The molecule has 0 amide bonds. The first-order valence-corrected chi connectivity index (χ1v) is 8.71. The fraction of sp³-hybridized carbons (Fsp3) is 0.615. The van der Waals surface area contributed by atoms with Crippen molar-refractivity contribution in [3.05, 3.63) is 19.2 Å². The van der Waals surface area contributed by atoms with Crippen LogP contribution in [0.1, 0.15) is 23.2 Å². The minimum Gasteiger partial charge on any atom is -0.380 e. The summed E-state index contributed by atoms with van der Waals surface area (Å²) in [4.78, 5) is 14.1. The summed E-state index contributed by atoms with van der Waals surface area (Å²) in [5.74, 6) is 0.935. The van der Waals surface area contributed by atoms with Gasteiger partial charge in [-0.1, -0.05) is 0 Å². The van der Waals surface area contributed by atoms with E-state index in [0.29, 0.717) is 13.2 Å². The second kappa shape index (κ2) is 7.31. The number of carbonyl (C=O) groups is 1. The first-order chi connectivity index (χ1) is 9.06. The van der Waals surface area contributed by atoms with Gasteiger partial charge in [0.25, 0.3) is 0 Å². The van der Waals surface area contributed by atoms with Gasteiger partial charge in [-0.3, -0.25) is 9.69 Å². The molecule has 1 aliphatic rings. The molecular weight excluding hydrogens is 394 g/mol. The maximum atomic E-state index is 12.1. The molecule has 0 saturated heterocycles. The minimum absolute atomic E-state index is 0.138. The molecule has 1 aromatic rings. The summed E-state index contributed by atoms with van der Waals surface area (Å²) in [6, 6.07) is 1.87. The predicted molar refractivity (Wildman–Crippen MR) is 85.1 cm³/mol. The smallest absolute Gasteiger partial charge is 0.178 e. The lowest BCUT2D eigenvalue weighted by Crippen LogP contribution is -2.29. The molecule has 0 N–H and O–H groups in total. The third-order valence-corrected chi connectivity index (χ3v) is 5.38. The number of ether oxygens (including phenoxy) is 1. The molecule has 1 aromatic heterocycles. The molecule has 3 nitrogen and oxygen atoms in total. The summed E-state index contributed by atoms with van der Waals surface area (Å²) in [5, 5.41) is 0. The first kappa shape index (κ1) is 15.6. The van der Waals surface area contributed by atoms with E-state index in [4.69, 9.17) is 4.74 Å². The highest BCUT2D eigenvalue weighted by atomic mass is 79.9. The van der Waals surface area contributed by atoms with Crippen LogP contribution in [0.2, 0.25) is 0 Å². The molecule has 1 aliphatic carbocycles. The molecule has 1 heterocycles. The van der Waals surface area contributed by atoms with Gasteiger partial charge in [-0.25, -0.2) is 0 Å². The molecule has 1 fully saturated rings. The van der Waals surface area contributed by atoms with Gasteiger partial charge in [0.05, 0.1) is 20.7 Å². The SMILES string of the molecule is CN(CCOCC1CC1)CC(=O)c1cc(Br)sc1Br. The van der Waals surface area contributed by atoms with Crippen LogP contribution in [0.5, 0.6) is 0 Å². The molecule has 0 unspecified atom stereocenters. The molecule has 0 radical (unpaired) electrons. The van der Waals surface area contributed by atoms with E-state index in [9.17, 15) is 4.79 Å². The van der Waals surface area contributed by atoms with Crippen LogP contribution in [0.4, 0.5) is 0 Å². The Hall–Kier alpha value is 0.250. The molecule has 0 aromatic carbocycles. The number of ketones is 1.